The second-order valence-electron chi connectivity index (χ2n) is 4.82. The molecule has 1 saturated heterocycles. The van der Waals surface area contributed by atoms with Crippen LogP contribution in [0.5, 0.6) is 0 Å². The number of rotatable bonds is 3. The second-order valence-corrected chi connectivity index (χ2v) is 7.66. The van der Waals surface area contributed by atoms with E-state index in [-0.39, 0.29) is 12.1 Å². The fraction of sp³-hybridized carbons (Fsp3) is 0.462. The average Bonchev–Trinajstić information content (AvgIpc) is 3.17. The fourth-order valence-electron chi connectivity index (χ4n) is 2.45. The molecule has 2 amide bonds. The van der Waals surface area contributed by atoms with Gasteiger partial charge < -0.3 is 4.90 Å². The number of nitrogens with zero attached hydrogens (tertiary/aromatic N) is 3. The summed E-state index contributed by atoms with van der Waals surface area (Å²) in [6.07, 6.45) is 3.99. The van der Waals surface area contributed by atoms with E-state index in [0.717, 1.165) is 19.4 Å². The first-order valence-electron chi connectivity index (χ1n) is 6.69. The van der Waals surface area contributed by atoms with Crippen molar-refractivity contribution in [3.8, 4) is 0 Å². The zero-order valence-electron chi connectivity index (χ0n) is 11.8. The van der Waals surface area contributed by atoms with Crippen molar-refractivity contribution >= 4 is 45.8 Å². The van der Waals surface area contributed by atoms with Crippen molar-refractivity contribution in [1.82, 2.24) is 14.3 Å². The minimum atomic E-state index is -0.0765. The third-order valence-corrected chi connectivity index (χ3v) is 5.80. The molecule has 3 heterocycles. The zero-order chi connectivity index (χ0) is 14.8. The van der Waals surface area contributed by atoms with Gasteiger partial charge in [0.25, 0.3) is 0 Å². The minimum Gasteiger partial charge on any atom is -0.317 e. The Morgan fingerprint density at radius 1 is 1.52 bits per heavy atom. The van der Waals surface area contributed by atoms with E-state index in [9.17, 15) is 4.79 Å². The Morgan fingerprint density at radius 2 is 2.38 bits per heavy atom. The highest BCUT2D eigenvalue weighted by Crippen LogP contribution is 2.36. The van der Waals surface area contributed by atoms with Gasteiger partial charge in [-0.05, 0) is 38.2 Å². The Labute approximate surface area is 135 Å². The number of carbonyl (C=O) groups excluding carboxylic acids is 1. The normalized spacial score (nSPS) is 18.2. The van der Waals surface area contributed by atoms with Crippen LogP contribution < -0.4 is 5.32 Å². The summed E-state index contributed by atoms with van der Waals surface area (Å²) in [5, 5.41) is 4.13. The molecule has 0 aromatic carbocycles. The standard InChI is InChI=1S/C13H16N4OS3/c1-8-5-6-10(20-8)9-4-3-7-17(9)13(18)15-11-14-12(19-2)16-21-11/h5-6,9H,3-4,7H2,1-2H3,(H,14,15,16,18)/t9-/m1/s1. The summed E-state index contributed by atoms with van der Waals surface area (Å²) in [4.78, 5) is 21.2. The number of amides is 2. The van der Waals surface area contributed by atoms with E-state index in [1.165, 1.54) is 33.0 Å². The van der Waals surface area contributed by atoms with Crippen molar-refractivity contribution in [3.05, 3.63) is 21.9 Å². The van der Waals surface area contributed by atoms with Gasteiger partial charge in [0.15, 0.2) is 0 Å². The molecule has 0 unspecified atom stereocenters. The molecule has 21 heavy (non-hydrogen) atoms. The first-order valence-corrected chi connectivity index (χ1v) is 9.50. The van der Waals surface area contributed by atoms with Crippen molar-refractivity contribution in [2.75, 3.05) is 18.1 Å². The zero-order valence-corrected chi connectivity index (χ0v) is 14.3. The van der Waals surface area contributed by atoms with E-state index >= 15 is 0 Å². The summed E-state index contributed by atoms with van der Waals surface area (Å²) in [5.41, 5.74) is 0. The summed E-state index contributed by atoms with van der Waals surface area (Å²) in [5.74, 6) is 0. The summed E-state index contributed by atoms with van der Waals surface area (Å²) in [7, 11) is 0. The molecule has 0 radical (unpaired) electrons. The first kappa shape index (κ1) is 14.8. The van der Waals surface area contributed by atoms with Gasteiger partial charge in [0, 0.05) is 27.8 Å². The lowest BCUT2D eigenvalue weighted by Crippen LogP contribution is -2.34. The number of aromatic nitrogens is 2. The summed E-state index contributed by atoms with van der Waals surface area (Å²) in [6, 6.07) is 4.36. The second kappa shape index (κ2) is 6.33. The van der Waals surface area contributed by atoms with E-state index in [2.05, 4.69) is 33.7 Å². The molecule has 112 valence electrons. The van der Waals surface area contributed by atoms with Crippen molar-refractivity contribution in [2.24, 2.45) is 0 Å². The molecular formula is C13H16N4OS3. The number of urea groups is 1. The molecule has 1 N–H and O–H groups in total. The maximum Gasteiger partial charge on any atom is 0.324 e. The average molecular weight is 340 g/mol. The van der Waals surface area contributed by atoms with E-state index < -0.39 is 0 Å². The van der Waals surface area contributed by atoms with Gasteiger partial charge >= 0.3 is 6.03 Å². The minimum absolute atomic E-state index is 0.0765. The lowest BCUT2D eigenvalue weighted by molar-refractivity contribution is 0.208. The van der Waals surface area contributed by atoms with E-state index in [1.807, 2.05) is 11.2 Å². The van der Waals surface area contributed by atoms with Crippen LogP contribution in [0.15, 0.2) is 17.3 Å². The molecule has 1 fully saturated rings. The molecule has 3 rings (SSSR count). The predicted molar refractivity (Wildman–Crippen MR) is 88.4 cm³/mol. The topological polar surface area (TPSA) is 58.1 Å². The molecule has 0 bridgehead atoms. The molecule has 2 aromatic rings. The van der Waals surface area contributed by atoms with Crippen molar-refractivity contribution in [1.29, 1.82) is 0 Å². The number of thioether (sulfide) groups is 1. The number of carbonyl (C=O) groups is 1. The molecule has 1 atom stereocenters. The number of anilines is 1. The van der Waals surface area contributed by atoms with Crippen LogP contribution in [0.2, 0.25) is 0 Å². The van der Waals surface area contributed by atoms with Crippen LogP contribution in [-0.4, -0.2) is 33.1 Å². The quantitative estimate of drug-likeness (QED) is 0.858. The molecular weight excluding hydrogens is 324 g/mol. The molecule has 0 aliphatic carbocycles. The van der Waals surface area contributed by atoms with Gasteiger partial charge in [0.05, 0.1) is 6.04 Å². The summed E-state index contributed by atoms with van der Waals surface area (Å²) in [6.45, 7) is 2.89. The number of thiophene rings is 1. The van der Waals surface area contributed by atoms with Crippen molar-refractivity contribution in [3.63, 3.8) is 0 Å². The highest BCUT2D eigenvalue weighted by Gasteiger charge is 2.31. The Hall–Kier alpha value is -1.12. The van der Waals surface area contributed by atoms with E-state index in [1.54, 1.807) is 11.3 Å². The molecule has 1 aliphatic rings. The maximum absolute atomic E-state index is 12.5. The predicted octanol–water partition coefficient (Wildman–Crippen LogP) is 4.00. The number of hydrogen-bond donors (Lipinski definition) is 1. The fourth-order valence-corrected chi connectivity index (χ4v) is 4.59. The Kier molecular flexibility index (Phi) is 4.46. The number of nitrogens with one attached hydrogen (secondary N) is 1. The SMILES string of the molecule is CSc1nsc(NC(=O)N2CCC[C@@H]2c2ccc(C)s2)n1. The molecule has 0 saturated carbocycles. The number of likely N-dealkylation sites (tertiary alicyclic amines) is 1. The van der Waals surface area contributed by atoms with Crippen molar-refractivity contribution < 1.29 is 4.79 Å². The van der Waals surface area contributed by atoms with Gasteiger partial charge in [0.1, 0.15) is 0 Å². The highest BCUT2D eigenvalue weighted by atomic mass is 32.2. The van der Waals surface area contributed by atoms with E-state index in [4.69, 9.17) is 0 Å². The summed E-state index contributed by atoms with van der Waals surface area (Å²) < 4.78 is 4.16. The molecule has 0 spiro atoms. The van der Waals surface area contributed by atoms with Gasteiger partial charge in [-0.15, -0.1) is 11.3 Å². The molecule has 5 nitrogen and oxygen atoms in total. The molecule has 1 aliphatic heterocycles. The molecule has 8 heteroatoms. The number of aryl methyl sites for hydroxylation is 1. The van der Waals surface area contributed by atoms with Gasteiger partial charge in [0.2, 0.25) is 10.3 Å². The maximum atomic E-state index is 12.5. The van der Waals surface area contributed by atoms with Crippen LogP contribution in [0, 0.1) is 6.92 Å². The van der Waals surface area contributed by atoms with Gasteiger partial charge in [-0.3, -0.25) is 5.32 Å². The van der Waals surface area contributed by atoms with E-state index in [0.29, 0.717) is 10.3 Å². The van der Waals surface area contributed by atoms with Crippen LogP contribution in [0.1, 0.15) is 28.6 Å². The largest absolute Gasteiger partial charge is 0.324 e. The summed E-state index contributed by atoms with van der Waals surface area (Å²) >= 11 is 4.47. The van der Waals surface area contributed by atoms with Gasteiger partial charge in [-0.1, -0.05) is 11.8 Å². The Balaban J connectivity index is 1.71. The van der Waals surface area contributed by atoms with Crippen LogP contribution in [0.25, 0.3) is 0 Å². The lowest BCUT2D eigenvalue weighted by Gasteiger charge is -2.23. The highest BCUT2D eigenvalue weighted by molar-refractivity contribution is 7.98. The number of hydrogen-bond acceptors (Lipinski definition) is 6. The third-order valence-electron chi connectivity index (χ3n) is 3.41. The Morgan fingerprint density at radius 3 is 3.05 bits per heavy atom. The molecule has 2 aromatic heterocycles. The third kappa shape index (κ3) is 3.22. The van der Waals surface area contributed by atoms with Crippen LogP contribution >= 0.6 is 34.6 Å². The van der Waals surface area contributed by atoms with Crippen LogP contribution in [0.4, 0.5) is 9.93 Å². The van der Waals surface area contributed by atoms with Crippen molar-refractivity contribution in [2.45, 2.75) is 31.0 Å². The Bertz CT molecular complexity index is 639. The monoisotopic (exact) mass is 340 g/mol. The van der Waals surface area contributed by atoms with Crippen LogP contribution in [0.3, 0.4) is 0 Å². The van der Waals surface area contributed by atoms with Gasteiger partial charge in [-0.25, -0.2) is 4.79 Å². The first-order chi connectivity index (χ1) is 10.2. The van der Waals surface area contributed by atoms with Gasteiger partial charge in [-0.2, -0.15) is 9.36 Å². The van der Waals surface area contributed by atoms with Crippen LogP contribution in [-0.2, 0) is 0 Å². The lowest BCUT2D eigenvalue weighted by atomic mass is 10.2. The smallest absolute Gasteiger partial charge is 0.317 e.